The smallest absolute Gasteiger partial charge is 0.123 e. The van der Waals surface area contributed by atoms with E-state index in [4.69, 9.17) is 10.5 Å². The van der Waals surface area contributed by atoms with Crippen molar-refractivity contribution in [2.75, 3.05) is 12.9 Å². The molecule has 2 N–H and O–H groups in total. The fourth-order valence-electron chi connectivity index (χ4n) is 1.59. The third kappa shape index (κ3) is 1.67. The maximum absolute atomic E-state index is 5.90. The molecular weight excluding hydrogens is 182 g/mol. The Morgan fingerprint density at radius 3 is 3.15 bits per heavy atom. The van der Waals surface area contributed by atoms with Crippen molar-refractivity contribution in [3.8, 4) is 5.75 Å². The SMILES string of the molecule is COc1cccc2c1C[C@@H](N)CS2. The summed E-state index contributed by atoms with van der Waals surface area (Å²) in [7, 11) is 1.71. The van der Waals surface area contributed by atoms with Crippen molar-refractivity contribution >= 4 is 11.8 Å². The van der Waals surface area contributed by atoms with Gasteiger partial charge in [0.25, 0.3) is 0 Å². The van der Waals surface area contributed by atoms with Crippen LogP contribution >= 0.6 is 11.8 Å². The van der Waals surface area contributed by atoms with E-state index < -0.39 is 0 Å². The first-order valence-electron chi connectivity index (χ1n) is 4.35. The summed E-state index contributed by atoms with van der Waals surface area (Å²) in [6, 6.07) is 6.43. The second-order valence-corrected chi connectivity index (χ2v) is 4.27. The van der Waals surface area contributed by atoms with Crippen LogP contribution in [0.4, 0.5) is 0 Å². The standard InChI is InChI=1S/C10H13NOS/c1-12-9-3-2-4-10-8(9)5-7(11)6-13-10/h2-4,7H,5-6,11H2,1H3/t7-/m1/s1. The number of methoxy groups -OCH3 is 1. The van der Waals surface area contributed by atoms with Gasteiger partial charge < -0.3 is 10.5 Å². The van der Waals surface area contributed by atoms with E-state index >= 15 is 0 Å². The average Bonchev–Trinajstić information content (AvgIpc) is 2.17. The first-order chi connectivity index (χ1) is 6.31. The second kappa shape index (κ2) is 3.60. The molecule has 0 aromatic heterocycles. The first kappa shape index (κ1) is 8.91. The molecule has 0 saturated carbocycles. The normalized spacial score (nSPS) is 20.9. The largest absolute Gasteiger partial charge is 0.496 e. The number of hydrogen-bond donors (Lipinski definition) is 1. The van der Waals surface area contributed by atoms with Crippen LogP contribution in [0.2, 0.25) is 0 Å². The molecule has 13 heavy (non-hydrogen) atoms. The summed E-state index contributed by atoms with van der Waals surface area (Å²) in [5.41, 5.74) is 7.17. The summed E-state index contributed by atoms with van der Waals surface area (Å²) in [6.07, 6.45) is 0.937. The molecule has 1 aromatic rings. The maximum Gasteiger partial charge on any atom is 0.123 e. The van der Waals surface area contributed by atoms with Crippen LogP contribution in [0.5, 0.6) is 5.75 Å². The molecule has 1 aliphatic heterocycles. The lowest BCUT2D eigenvalue weighted by Gasteiger charge is -2.22. The minimum Gasteiger partial charge on any atom is -0.496 e. The molecule has 1 atom stereocenters. The van der Waals surface area contributed by atoms with E-state index in [1.807, 2.05) is 23.9 Å². The van der Waals surface area contributed by atoms with Gasteiger partial charge in [0, 0.05) is 22.3 Å². The van der Waals surface area contributed by atoms with Crippen LogP contribution in [-0.4, -0.2) is 18.9 Å². The van der Waals surface area contributed by atoms with E-state index in [1.54, 1.807) is 7.11 Å². The molecule has 3 heteroatoms. The van der Waals surface area contributed by atoms with Gasteiger partial charge in [-0.05, 0) is 18.6 Å². The van der Waals surface area contributed by atoms with Gasteiger partial charge >= 0.3 is 0 Å². The molecular formula is C10H13NOS. The van der Waals surface area contributed by atoms with Crippen molar-refractivity contribution in [2.45, 2.75) is 17.4 Å². The predicted octanol–water partition coefficient (Wildman–Crippen LogP) is 1.67. The second-order valence-electron chi connectivity index (χ2n) is 3.21. The van der Waals surface area contributed by atoms with Crippen molar-refractivity contribution in [2.24, 2.45) is 5.73 Å². The Balaban J connectivity index is 2.41. The average molecular weight is 195 g/mol. The highest BCUT2D eigenvalue weighted by atomic mass is 32.2. The summed E-state index contributed by atoms with van der Waals surface area (Å²) in [4.78, 5) is 1.32. The summed E-state index contributed by atoms with van der Waals surface area (Å²) >= 11 is 1.82. The van der Waals surface area contributed by atoms with E-state index in [-0.39, 0.29) is 6.04 Å². The van der Waals surface area contributed by atoms with Crippen molar-refractivity contribution in [1.29, 1.82) is 0 Å². The van der Waals surface area contributed by atoms with Crippen LogP contribution in [-0.2, 0) is 6.42 Å². The van der Waals surface area contributed by atoms with Gasteiger partial charge in [-0.25, -0.2) is 0 Å². The molecule has 0 radical (unpaired) electrons. The molecule has 1 aliphatic rings. The minimum atomic E-state index is 0.272. The van der Waals surface area contributed by atoms with Crippen LogP contribution in [0.1, 0.15) is 5.56 Å². The lowest BCUT2D eigenvalue weighted by atomic mass is 10.1. The molecule has 0 aliphatic carbocycles. The Morgan fingerprint density at radius 2 is 2.38 bits per heavy atom. The molecule has 2 nitrogen and oxygen atoms in total. The van der Waals surface area contributed by atoms with Gasteiger partial charge in [-0.1, -0.05) is 6.07 Å². The van der Waals surface area contributed by atoms with E-state index in [9.17, 15) is 0 Å². The molecule has 0 fully saturated rings. The molecule has 70 valence electrons. The van der Waals surface area contributed by atoms with Gasteiger partial charge in [0.05, 0.1) is 7.11 Å². The van der Waals surface area contributed by atoms with Crippen LogP contribution < -0.4 is 10.5 Å². The monoisotopic (exact) mass is 195 g/mol. The quantitative estimate of drug-likeness (QED) is 0.740. The third-order valence-electron chi connectivity index (χ3n) is 2.23. The van der Waals surface area contributed by atoms with Crippen LogP contribution in [0, 0.1) is 0 Å². The molecule has 1 aromatic carbocycles. The van der Waals surface area contributed by atoms with Crippen molar-refractivity contribution in [3.63, 3.8) is 0 Å². The Labute approximate surface area is 82.5 Å². The highest BCUT2D eigenvalue weighted by Gasteiger charge is 2.18. The van der Waals surface area contributed by atoms with Crippen LogP contribution in [0.15, 0.2) is 23.1 Å². The third-order valence-corrected chi connectivity index (χ3v) is 3.52. The fourth-order valence-corrected chi connectivity index (χ4v) is 2.64. The number of rotatable bonds is 1. The summed E-state index contributed by atoms with van der Waals surface area (Å²) in [5.74, 6) is 1.99. The zero-order valence-corrected chi connectivity index (χ0v) is 8.43. The van der Waals surface area contributed by atoms with Crippen LogP contribution in [0.25, 0.3) is 0 Å². The molecule has 0 unspecified atom stereocenters. The molecule has 2 rings (SSSR count). The van der Waals surface area contributed by atoms with Gasteiger partial charge in [0.15, 0.2) is 0 Å². The van der Waals surface area contributed by atoms with Gasteiger partial charge in [0.2, 0.25) is 0 Å². The van der Waals surface area contributed by atoms with E-state index in [2.05, 4.69) is 6.07 Å². The summed E-state index contributed by atoms with van der Waals surface area (Å²) in [6.45, 7) is 0. The summed E-state index contributed by atoms with van der Waals surface area (Å²) < 4.78 is 5.29. The van der Waals surface area contributed by atoms with E-state index in [0.717, 1.165) is 17.9 Å². The Hall–Kier alpha value is -0.670. The highest BCUT2D eigenvalue weighted by molar-refractivity contribution is 7.99. The fraction of sp³-hybridized carbons (Fsp3) is 0.400. The first-order valence-corrected chi connectivity index (χ1v) is 5.34. The Bertz CT molecular complexity index is 300. The van der Waals surface area contributed by atoms with Gasteiger partial charge in [-0.15, -0.1) is 11.8 Å². The molecule has 0 bridgehead atoms. The highest BCUT2D eigenvalue weighted by Crippen LogP contribution is 2.34. The zero-order chi connectivity index (χ0) is 9.26. The maximum atomic E-state index is 5.90. The lowest BCUT2D eigenvalue weighted by molar-refractivity contribution is 0.406. The van der Waals surface area contributed by atoms with Crippen molar-refractivity contribution < 1.29 is 4.74 Å². The van der Waals surface area contributed by atoms with Crippen molar-refractivity contribution in [1.82, 2.24) is 0 Å². The zero-order valence-electron chi connectivity index (χ0n) is 7.62. The van der Waals surface area contributed by atoms with E-state index in [0.29, 0.717) is 0 Å². The minimum absolute atomic E-state index is 0.272. The van der Waals surface area contributed by atoms with Crippen molar-refractivity contribution in [3.05, 3.63) is 23.8 Å². The van der Waals surface area contributed by atoms with Gasteiger partial charge in [-0.2, -0.15) is 0 Å². The molecule has 0 saturated heterocycles. The predicted molar refractivity (Wildman–Crippen MR) is 55.4 cm³/mol. The molecule has 0 amide bonds. The number of hydrogen-bond acceptors (Lipinski definition) is 3. The number of benzene rings is 1. The lowest BCUT2D eigenvalue weighted by Crippen LogP contribution is -2.28. The van der Waals surface area contributed by atoms with Crippen LogP contribution in [0.3, 0.4) is 0 Å². The number of nitrogens with two attached hydrogens (primary N) is 1. The number of ether oxygens (including phenoxy) is 1. The summed E-state index contributed by atoms with van der Waals surface area (Å²) in [5, 5.41) is 0. The Morgan fingerprint density at radius 1 is 1.54 bits per heavy atom. The van der Waals surface area contributed by atoms with E-state index in [1.165, 1.54) is 10.5 Å². The number of fused-ring (bicyclic) bond motifs is 1. The van der Waals surface area contributed by atoms with Gasteiger partial charge in [-0.3, -0.25) is 0 Å². The molecule has 0 spiro atoms. The topological polar surface area (TPSA) is 35.2 Å². The number of thioether (sulfide) groups is 1. The Kier molecular flexibility index (Phi) is 2.47. The van der Waals surface area contributed by atoms with Gasteiger partial charge in [0.1, 0.15) is 5.75 Å². The molecule has 1 heterocycles.